The van der Waals surface area contributed by atoms with E-state index in [1.165, 1.54) is 0 Å². The number of methoxy groups -OCH3 is 1. The highest BCUT2D eigenvalue weighted by Gasteiger charge is 2.50. The lowest BCUT2D eigenvalue weighted by molar-refractivity contribution is -0.143. The standard InChI is InChI=1S/C15H18O5/c1-20-10-5-2-9(3-6-10)4-7-11(14(16)17)12-8-13(12)15(18)19/h2-3,5-6,11-13H,4,7-8H2,1H3,(H,16,17)(H,18,19). The average molecular weight is 278 g/mol. The van der Waals surface area contributed by atoms with Crippen LogP contribution in [0.1, 0.15) is 18.4 Å². The Hall–Kier alpha value is -2.04. The highest BCUT2D eigenvalue weighted by molar-refractivity contribution is 5.77. The average Bonchev–Trinajstić information content (AvgIpc) is 3.20. The van der Waals surface area contributed by atoms with Crippen LogP contribution in [0.15, 0.2) is 24.3 Å². The van der Waals surface area contributed by atoms with Crippen molar-refractivity contribution in [3.8, 4) is 5.75 Å². The highest BCUT2D eigenvalue weighted by atomic mass is 16.5. The number of carbonyl (C=O) groups is 2. The molecule has 108 valence electrons. The van der Waals surface area contributed by atoms with Gasteiger partial charge in [-0.05, 0) is 42.9 Å². The molecule has 0 aliphatic heterocycles. The van der Waals surface area contributed by atoms with Crippen molar-refractivity contribution in [2.75, 3.05) is 7.11 Å². The van der Waals surface area contributed by atoms with Crippen LogP contribution in [0.2, 0.25) is 0 Å². The van der Waals surface area contributed by atoms with E-state index in [2.05, 4.69) is 0 Å². The fourth-order valence-corrected chi connectivity index (χ4v) is 2.58. The highest BCUT2D eigenvalue weighted by Crippen LogP contribution is 2.46. The quantitative estimate of drug-likeness (QED) is 0.797. The van der Waals surface area contributed by atoms with Crippen LogP contribution in [0.5, 0.6) is 5.75 Å². The summed E-state index contributed by atoms with van der Waals surface area (Å²) in [6.45, 7) is 0. The number of aliphatic carboxylic acids is 2. The number of rotatable bonds is 7. The first kappa shape index (κ1) is 14.4. The zero-order valence-corrected chi connectivity index (χ0v) is 11.3. The van der Waals surface area contributed by atoms with Crippen LogP contribution in [-0.2, 0) is 16.0 Å². The second-order valence-electron chi connectivity index (χ2n) is 5.18. The molecule has 0 amide bonds. The van der Waals surface area contributed by atoms with Crippen LogP contribution in [-0.4, -0.2) is 29.3 Å². The lowest BCUT2D eigenvalue weighted by Gasteiger charge is -2.11. The third-order valence-corrected chi connectivity index (χ3v) is 3.89. The molecule has 3 atom stereocenters. The van der Waals surface area contributed by atoms with E-state index in [0.29, 0.717) is 19.3 Å². The van der Waals surface area contributed by atoms with E-state index < -0.39 is 23.8 Å². The molecule has 1 fully saturated rings. The fourth-order valence-electron chi connectivity index (χ4n) is 2.58. The monoisotopic (exact) mass is 278 g/mol. The number of benzene rings is 1. The Kier molecular flexibility index (Phi) is 4.27. The van der Waals surface area contributed by atoms with Gasteiger partial charge in [0.1, 0.15) is 5.75 Å². The summed E-state index contributed by atoms with van der Waals surface area (Å²) in [7, 11) is 1.59. The fraction of sp³-hybridized carbons (Fsp3) is 0.467. The summed E-state index contributed by atoms with van der Waals surface area (Å²) in [6, 6.07) is 7.48. The summed E-state index contributed by atoms with van der Waals surface area (Å²) in [4.78, 5) is 22.1. The molecule has 1 aliphatic rings. The molecular formula is C15H18O5. The largest absolute Gasteiger partial charge is 0.497 e. The minimum Gasteiger partial charge on any atom is -0.497 e. The summed E-state index contributed by atoms with van der Waals surface area (Å²) in [5.74, 6) is -2.29. The number of aryl methyl sites for hydroxylation is 1. The van der Waals surface area contributed by atoms with Crippen molar-refractivity contribution in [2.24, 2.45) is 17.8 Å². The van der Waals surface area contributed by atoms with E-state index in [0.717, 1.165) is 11.3 Å². The smallest absolute Gasteiger partial charge is 0.306 e. The molecule has 1 saturated carbocycles. The summed E-state index contributed by atoms with van der Waals surface area (Å²) in [5, 5.41) is 18.1. The van der Waals surface area contributed by atoms with Gasteiger partial charge in [-0.1, -0.05) is 12.1 Å². The Bertz CT molecular complexity index is 493. The van der Waals surface area contributed by atoms with Crippen LogP contribution >= 0.6 is 0 Å². The first-order valence-corrected chi connectivity index (χ1v) is 6.61. The van der Waals surface area contributed by atoms with Crippen LogP contribution < -0.4 is 4.74 Å². The van der Waals surface area contributed by atoms with E-state index in [1.807, 2.05) is 24.3 Å². The maximum atomic E-state index is 11.3. The van der Waals surface area contributed by atoms with Crippen LogP contribution in [0.25, 0.3) is 0 Å². The maximum Gasteiger partial charge on any atom is 0.306 e. The van der Waals surface area contributed by atoms with E-state index >= 15 is 0 Å². The van der Waals surface area contributed by atoms with Gasteiger partial charge in [-0.25, -0.2) is 0 Å². The number of carboxylic acids is 2. The zero-order valence-electron chi connectivity index (χ0n) is 11.3. The molecule has 0 radical (unpaired) electrons. The third-order valence-electron chi connectivity index (χ3n) is 3.89. The van der Waals surface area contributed by atoms with Crippen molar-refractivity contribution in [1.29, 1.82) is 0 Å². The zero-order chi connectivity index (χ0) is 14.7. The van der Waals surface area contributed by atoms with Crippen molar-refractivity contribution in [3.05, 3.63) is 29.8 Å². The topological polar surface area (TPSA) is 83.8 Å². The van der Waals surface area contributed by atoms with Gasteiger partial charge in [-0.2, -0.15) is 0 Å². The van der Waals surface area contributed by atoms with Gasteiger partial charge in [0, 0.05) is 0 Å². The van der Waals surface area contributed by atoms with Gasteiger partial charge in [0.05, 0.1) is 18.9 Å². The lowest BCUT2D eigenvalue weighted by Crippen LogP contribution is -2.19. The maximum absolute atomic E-state index is 11.3. The predicted molar refractivity (Wildman–Crippen MR) is 71.7 cm³/mol. The molecule has 3 unspecified atom stereocenters. The van der Waals surface area contributed by atoms with E-state index in [4.69, 9.17) is 9.84 Å². The van der Waals surface area contributed by atoms with E-state index in [9.17, 15) is 14.7 Å². The second kappa shape index (κ2) is 5.94. The minimum absolute atomic E-state index is 0.219. The van der Waals surface area contributed by atoms with Gasteiger partial charge in [0.25, 0.3) is 0 Å². The first-order chi connectivity index (χ1) is 9.52. The molecule has 20 heavy (non-hydrogen) atoms. The summed E-state index contributed by atoms with van der Waals surface area (Å²) in [5.41, 5.74) is 1.03. The number of hydrogen-bond donors (Lipinski definition) is 2. The Labute approximate surface area is 117 Å². The van der Waals surface area contributed by atoms with E-state index in [-0.39, 0.29) is 5.92 Å². The molecule has 1 aromatic carbocycles. The van der Waals surface area contributed by atoms with Gasteiger partial charge in [0.15, 0.2) is 0 Å². The number of carboxylic acid groups (broad SMARTS) is 2. The first-order valence-electron chi connectivity index (χ1n) is 6.61. The molecule has 5 heteroatoms. The van der Waals surface area contributed by atoms with Crippen LogP contribution in [0, 0.1) is 17.8 Å². The van der Waals surface area contributed by atoms with Crippen molar-refractivity contribution in [1.82, 2.24) is 0 Å². The molecule has 2 rings (SSSR count). The normalized spacial score (nSPS) is 22.1. The van der Waals surface area contributed by atoms with Gasteiger partial charge in [0.2, 0.25) is 0 Å². The SMILES string of the molecule is COc1ccc(CCC(C(=O)O)C2CC2C(=O)O)cc1. The van der Waals surface area contributed by atoms with Crippen molar-refractivity contribution in [2.45, 2.75) is 19.3 Å². The van der Waals surface area contributed by atoms with Gasteiger partial charge in [-0.15, -0.1) is 0 Å². The molecule has 0 saturated heterocycles. The Morgan fingerprint density at radius 3 is 2.40 bits per heavy atom. The molecule has 0 aromatic heterocycles. The minimum atomic E-state index is -0.896. The molecule has 0 heterocycles. The number of ether oxygens (including phenoxy) is 1. The van der Waals surface area contributed by atoms with E-state index in [1.54, 1.807) is 7.11 Å². The van der Waals surface area contributed by atoms with Gasteiger partial charge >= 0.3 is 11.9 Å². The molecule has 1 aromatic rings. The van der Waals surface area contributed by atoms with Crippen molar-refractivity contribution < 1.29 is 24.5 Å². The van der Waals surface area contributed by atoms with Crippen molar-refractivity contribution in [3.63, 3.8) is 0 Å². The molecule has 5 nitrogen and oxygen atoms in total. The summed E-state index contributed by atoms with van der Waals surface area (Å²) < 4.78 is 5.06. The second-order valence-corrected chi connectivity index (χ2v) is 5.18. The third kappa shape index (κ3) is 3.29. The number of hydrogen-bond acceptors (Lipinski definition) is 3. The Morgan fingerprint density at radius 2 is 1.95 bits per heavy atom. The molecule has 0 spiro atoms. The van der Waals surface area contributed by atoms with Gasteiger partial charge in [-0.3, -0.25) is 9.59 Å². The Balaban J connectivity index is 1.92. The van der Waals surface area contributed by atoms with Crippen LogP contribution in [0.3, 0.4) is 0 Å². The Morgan fingerprint density at radius 1 is 1.30 bits per heavy atom. The molecular weight excluding hydrogens is 260 g/mol. The molecule has 0 bridgehead atoms. The van der Waals surface area contributed by atoms with Crippen LogP contribution in [0.4, 0.5) is 0 Å². The predicted octanol–water partition coefficient (Wildman–Crippen LogP) is 2.05. The molecule has 2 N–H and O–H groups in total. The summed E-state index contributed by atoms with van der Waals surface area (Å²) >= 11 is 0. The molecule has 1 aliphatic carbocycles. The van der Waals surface area contributed by atoms with Gasteiger partial charge < -0.3 is 14.9 Å². The lowest BCUT2D eigenvalue weighted by atomic mass is 9.94. The summed E-state index contributed by atoms with van der Waals surface area (Å²) in [6.07, 6.45) is 1.58. The van der Waals surface area contributed by atoms with Crippen molar-refractivity contribution >= 4 is 11.9 Å².